The van der Waals surface area contributed by atoms with Gasteiger partial charge in [-0.15, -0.1) is 0 Å². The lowest BCUT2D eigenvalue weighted by Crippen LogP contribution is -2.47. The summed E-state index contributed by atoms with van der Waals surface area (Å²) < 4.78 is 27.3. The molecule has 1 aliphatic rings. The maximum atomic E-state index is 12.9. The predicted molar refractivity (Wildman–Crippen MR) is 107 cm³/mol. The fraction of sp³-hybridized carbons (Fsp3) is 0.263. The minimum absolute atomic E-state index is 0.120. The van der Waals surface area contributed by atoms with E-state index in [0.717, 1.165) is 11.0 Å². The van der Waals surface area contributed by atoms with E-state index in [0.29, 0.717) is 32.1 Å². The second-order valence-electron chi connectivity index (χ2n) is 6.79. The van der Waals surface area contributed by atoms with Crippen molar-refractivity contribution in [2.24, 2.45) is 0 Å². The largest absolute Gasteiger partial charge is 0.324 e. The number of hydrogen-bond acceptors (Lipinski definition) is 5. The highest BCUT2D eigenvalue weighted by molar-refractivity contribution is 7.89. The molecule has 2 heterocycles. The highest BCUT2D eigenvalue weighted by Crippen LogP contribution is 2.20. The molecule has 0 bridgehead atoms. The van der Waals surface area contributed by atoms with E-state index in [4.69, 9.17) is 0 Å². The van der Waals surface area contributed by atoms with Crippen LogP contribution in [0.4, 0.5) is 5.95 Å². The van der Waals surface area contributed by atoms with Gasteiger partial charge in [0, 0.05) is 31.7 Å². The lowest BCUT2D eigenvalue weighted by Gasteiger charge is -2.31. The standard InChI is InChI=1S/C19H21N5O3S/c1-23-9-11-24(12-10-23)28(26,27)15-6-4-5-14(13-15)18(25)22-19-20-16-7-2-3-8-17(16)21-19/h2-8,13H,9-12H2,1H3,(H2,20,21,22,25). The highest BCUT2D eigenvalue weighted by atomic mass is 32.2. The Hall–Kier alpha value is -2.75. The van der Waals surface area contributed by atoms with Crippen LogP contribution in [0.25, 0.3) is 11.0 Å². The Labute approximate surface area is 163 Å². The first kappa shape index (κ1) is 18.6. The monoisotopic (exact) mass is 399 g/mol. The van der Waals surface area contributed by atoms with Crippen molar-refractivity contribution in [3.05, 3.63) is 54.1 Å². The summed E-state index contributed by atoms with van der Waals surface area (Å²) in [4.78, 5) is 22.1. The number of H-pyrrole nitrogens is 1. The number of carbonyl (C=O) groups excluding carboxylic acids is 1. The molecule has 1 amide bonds. The number of imidazole rings is 1. The number of nitrogens with one attached hydrogen (secondary N) is 2. The van der Waals surface area contributed by atoms with Crippen LogP contribution in [0.2, 0.25) is 0 Å². The lowest BCUT2D eigenvalue weighted by molar-refractivity contribution is 0.102. The molecule has 1 saturated heterocycles. The van der Waals surface area contributed by atoms with E-state index in [1.54, 1.807) is 12.1 Å². The van der Waals surface area contributed by atoms with Crippen molar-refractivity contribution in [1.82, 2.24) is 19.2 Å². The molecule has 0 unspecified atom stereocenters. The maximum absolute atomic E-state index is 12.9. The molecule has 0 atom stereocenters. The van der Waals surface area contributed by atoms with Gasteiger partial charge in [-0.3, -0.25) is 10.1 Å². The van der Waals surface area contributed by atoms with Crippen LogP contribution in [0.3, 0.4) is 0 Å². The fourth-order valence-electron chi connectivity index (χ4n) is 3.17. The van der Waals surface area contributed by atoms with E-state index in [1.165, 1.54) is 16.4 Å². The predicted octanol–water partition coefficient (Wildman–Crippen LogP) is 1.75. The molecule has 1 fully saturated rings. The van der Waals surface area contributed by atoms with Gasteiger partial charge in [0.1, 0.15) is 0 Å². The van der Waals surface area contributed by atoms with Crippen LogP contribution in [-0.4, -0.2) is 66.7 Å². The molecular weight excluding hydrogens is 378 g/mol. The molecule has 1 aliphatic heterocycles. The zero-order chi connectivity index (χ0) is 19.7. The topological polar surface area (TPSA) is 98.4 Å². The number of hydrogen-bond donors (Lipinski definition) is 2. The molecule has 2 N–H and O–H groups in total. The van der Waals surface area contributed by atoms with Gasteiger partial charge in [-0.25, -0.2) is 13.4 Å². The molecule has 0 spiro atoms. The van der Waals surface area contributed by atoms with Gasteiger partial charge in [-0.2, -0.15) is 4.31 Å². The number of fused-ring (bicyclic) bond motifs is 1. The third-order valence-corrected chi connectivity index (χ3v) is 6.71. The summed E-state index contributed by atoms with van der Waals surface area (Å²) in [6.07, 6.45) is 0. The van der Waals surface area contributed by atoms with Gasteiger partial charge < -0.3 is 9.88 Å². The van der Waals surface area contributed by atoms with Gasteiger partial charge in [0.25, 0.3) is 5.91 Å². The van der Waals surface area contributed by atoms with Crippen molar-refractivity contribution >= 4 is 32.9 Å². The van der Waals surface area contributed by atoms with Crippen molar-refractivity contribution in [2.45, 2.75) is 4.90 Å². The number of aromatic nitrogens is 2. The van der Waals surface area contributed by atoms with Crippen LogP contribution in [0, 0.1) is 0 Å². The van der Waals surface area contributed by atoms with Crippen molar-refractivity contribution < 1.29 is 13.2 Å². The summed E-state index contributed by atoms with van der Waals surface area (Å²) in [7, 11) is -1.67. The van der Waals surface area contributed by atoms with Gasteiger partial charge in [-0.1, -0.05) is 18.2 Å². The van der Waals surface area contributed by atoms with E-state index < -0.39 is 15.9 Å². The van der Waals surface area contributed by atoms with Crippen LogP contribution in [0.15, 0.2) is 53.4 Å². The summed E-state index contributed by atoms with van der Waals surface area (Å²) in [6.45, 7) is 2.25. The van der Waals surface area contributed by atoms with E-state index in [9.17, 15) is 13.2 Å². The highest BCUT2D eigenvalue weighted by Gasteiger charge is 2.28. The van der Waals surface area contributed by atoms with E-state index in [2.05, 4.69) is 20.2 Å². The molecule has 3 aromatic rings. The minimum Gasteiger partial charge on any atom is -0.324 e. The number of likely N-dealkylation sites (N-methyl/N-ethyl adjacent to an activating group) is 1. The molecule has 4 rings (SSSR count). The van der Waals surface area contributed by atoms with Crippen molar-refractivity contribution in [3.8, 4) is 0 Å². The van der Waals surface area contributed by atoms with Gasteiger partial charge in [0.2, 0.25) is 16.0 Å². The first-order valence-corrected chi connectivity index (χ1v) is 10.4. The van der Waals surface area contributed by atoms with Crippen LogP contribution in [0.5, 0.6) is 0 Å². The number of para-hydroxylation sites is 2. The van der Waals surface area contributed by atoms with Crippen LogP contribution < -0.4 is 5.32 Å². The van der Waals surface area contributed by atoms with E-state index in [-0.39, 0.29) is 10.5 Å². The molecule has 8 nitrogen and oxygen atoms in total. The molecule has 0 aliphatic carbocycles. The number of anilines is 1. The Kier molecular flexibility index (Phi) is 4.88. The quantitative estimate of drug-likeness (QED) is 0.697. The molecular formula is C19H21N5O3S. The van der Waals surface area contributed by atoms with Crippen molar-refractivity contribution in [1.29, 1.82) is 0 Å². The fourth-order valence-corrected chi connectivity index (χ4v) is 4.64. The Morgan fingerprint density at radius 2 is 1.82 bits per heavy atom. The number of benzene rings is 2. The molecule has 146 valence electrons. The van der Waals surface area contributed by atoms with Gasteiger partial charge in [-0.05, 0) is 37.4 Å². The van der Waals surface area contributed by atoms with Gasteiger partial charge in [0.15, 0.2) is 0 Å². The molecule has 1 aromatic heterocycles. The van der Waals surface area contributed by atoms with E-state index >= 15 is 0 Å². The zero-order valence-corrected chi connectivity index (χ0v) is 16.2. The summed E-state index contributed by atoms with van der Waals surface area (Å²) in [5.41, 5.74) is 1.81. The SMILES string of the molecule is CN1CCN(S(=O)(=O)c2cccc(C(=O)Nc3nc4ccccc4[nH]3)c2)CC1. The molecule has 0 radical (unpaired) electrons. The average molecular weight is 399 g/mol. The second-order valence-corrected chi connectivity index (χ2v) is 8.73. The van der Waals surface area contributed by atoms with Crippen molar-refractivity contribution in [2.75, 3.05) is 38.5 Å². The second kappa shape index (κ2) is 7.34. The molecule has 2 aromatic carbocycles. The van der Waals surface area contributed by atoms with Gasteiger partial charge >= 0.3 is 0 Å². The molecule has 9 heteroatoms. The Morgan fingerprint density at radius 1 is 1.07 bits per heavy atom. The summed E-state index contributed by atoms with van der Waals surface area (Å²) in [6, 6.07) is 13.5. The molecule has 0 saturated carbocycles. The Balaban J connectivity index is 1.55. The average Bonchev–Trinajstić information content (AvgIpc) is 3.10. The number of amides is 1. The number of rotatable bonds is 4. The van der Waals surface area contributed by atoms with Crippen LogP contribution in [-0.2, 0) is 10.0 Å². The number of piperazine rings is 1. The lowest BCUT2D eigenvalue weighted by atomic mass is 10.2. The number of carbonyl (C=O) groups is 1. The number of nitrogens with zero attached hydrogens (tertiary/aromatic N) is 3. The Morgan fingerprint density at radius 3 is 2.57 bits per heavy atom. The summed E-state index contributed by atoms with van der Waals surface area (Å²) >= 11 is 0. The van der Waals surface area contributed by atoms with Gasteiger partial charge in [0.05, 0.1) is 15.9 Å². The minimum atomic E-state index is -3.63. The smallest absolute Gasteiger partial charge is 0.258 e. The third-order valence-electron chi connectivity index (χ3n) is 4.82. The zero-order valence-electron chi connectivity index (χ0n) is 15.4. The first-order valence-electron chi connectivity index (χ1n) is 8.98. The van der Waals surface area contributed by atoms with Crippen LogP contribution >= 0.6 is 0 Å². The summed E-state index contributed by atoms with van der Waals surface area (Å²) in [5.74, 6) is -0.104. The van der Waals surface area contributed by atoms with E-state index in [1.807, 2.05) is 31.3 Å². The third kappa shape index (κ3) is 3.64. The molecule has 28 heavy (non-hydrogen) atoms. The van der Waals surface area contributed by atoms with Crippen molar-refractivity contribution in [3.63, 3.8) is 0 Å². The van der Waals surface area contributed by atoms with Crippen LogP contribution in [0.1, 0.15) is 10.4 Å². The maximum Gasteiger partial charge on any atom is 0.258 e. The number of sulfonamides is 1. The first-order chi connectivity index (χ1) is 13.4. The number of aromatic amines is 1. The normalized spacial score (nSPS) is 16.3. The summed E-state index contributed by atoms with van der Waals surface area (Å²) in [5, 5.41) is 2.69. The Bertz CT molecular complexity index is 1080.